The fourth-order valence-corrected chi connectivity index (χ4v) is 4.10. The van der Waals surface area contributed by atoms with Crippen molar-refractivity contribution in [3.8, 4) is 5.75 Å². The summed E-state index contributed by atoms with van der Waals surface area (Å²) in [6.45, 7) is 5.78. The van der Waals surface area contributed by atoms with Gasteiger partial charge in [-0.3, -0.25) is 4.79 Å². The van der Waals surface area contributed by atoms with Gasteiger partial charge in [-0.2, -0.15) is 0 Å². The Labute approximate surface area is 167 Å². The van der Waals surface area contributed by atoms with Crippen molar-refractivity contribution in [2.24, 2.45) is 11.7 Å². The summed E-state index contributed by atoms with van der Waals surface area (Å²) in [4.78, 5) is 11.1. The van der Waals surface area contributed by atoms with Crippen LogP contribution in [0.25, 0.3) is 0 Å². The van der Waals surface area contributed by atoms with E-state index in [4.69, 9.17) is 26.8 Å². The van der Waals surface area contributed by atoms with Gasteiger partial charge in [0.25, 0.3) is 0 Å². The van der Waals surface area contributed by atoms with E-state index in [0.29, 0.717) is 29.7 Å². The Hall–Kier alpha value is -1.77. The highest BCUT2D eigenvalue weighted by molar-refractivity contribution is 7.98. The van der Waals surface area contributed by atoms with E-state index in [2.05, 4.69) is 28.6 Å². The molecule has 0 saturated heterocycles. The fraction of sp³-hybridized carbons (Fsp3) is 0.500. The lowest BCUT2D eigenvalue weighted by atomic mass is 10.1. The number of nitrogens with two attached hydrogens (primary N) is 1. The summed E-state index contributed by atoms with van der Waals surface area (Å²) in [5, 5.41) is 10.1. The number of carbonyl (C=O) groups is 1. The van der Waals surface area contributed by atoms with Crippen molar-refractivity contribution < 1.29 is 14.3 Å². The van der Waals surface area contributed by atoms with Gasteiger partial charge in [0.15, 0.2) is 11.9 Å². The molecule has 0 spiro atoms. The van der Waals surface area contributed by atoms with Gasteiger partial charge in [0.1, 0.15) is 11.6 Å². The van der Waals surface area contributed by atoms with Gasteiger partial charge in [-0.05, 0) is 18.1 Å². The third kappa shape index (κ3) is 5.15. The second kappa shape index (κ2) is 8.95. The molecule has 0 aliphatic carbocycles. The summed E-state index contributed by atoms with van der Waals surface area (Å²) in [6.07, 6.45) is 0.749. The van der Waals surface area contributed by atoms with Gasteiger partial charge in [-0.15, -0.1) is 10.2 Å². The molecule has 0 saturated carbocycles. The number of thioether (sulfide) groups is 1. The molecule has 1 amide bonds. The minimum atomic E-state index is -0.340. The maximum absolute atomic E-state index is 11.1. The normalized spacial score (nSPS) is 13.5. The minimum Gasteiger partial charge on any atom is -0.467 e. The molecule has 0 atom stereocenters. The quantitative estimate of drug-likeness (QED) is 0.672. The first-order valence-electron chi connectivity index (χ1n) is 8.79. The topological polar surface area (TPSA) is 92.3 Å². The summed E-state index contributed by atoms with van der Waals surface area (Å²) in [7, 11) is 0. The number of amides is 1. The van der Waals surface area contributed by atoms with Crippen molar-refractivity contribution in [1.29, 1.82) is 0 Å². The average molecular weight is 411 g/mol. The van der Waals surface area contributed by atoms with E-state index in [1.54, 1.807) is 11.8 Å². The predicted molar refractivity (Wildman–Crippen MR) is 104 cm³/mol. The van der Waals surface area contributed by atoms with Gasteiger partial charge in [0, 0.05) is 41.3 Å². The van der Waals surface area contributed by atoms with Crippen LogP contribution >= 0.6 is 23.4 Å². The lowest BCUT2D eigenvalue weighted by Gasteiger charge is -2.21. The number of halogens is 1. The molecule has 1 aliphatic rings. The number of benzene rings is 1. The lowest BCUT2D eigenvalue weighted by molar-refractivity contribution is -0.118. The number of ether oxygens (including phenoxy) is 2. The molecule has 2 heterocycles. The predicted octanol–water partition coefficient (Wildman–Crippen LogP) is 3.16. The maximum Gasteiger partial charge on any atom is 0.217 e. The molecule has 146 valence electrons. The molecule has 7 nitrogen and oxygen atoms in total. The van der Waals surface area contributed by atoms with Crippen LogP contribution in [-0.4, -0.2) is 27.5 Å². The van der Waals surface area contributed by atoms with Crippen LogP contribution in [0.3, 0.4) is 0 Å². The number of rotatable bonds is 8. The third-order valence-corrected chi connectivity index (χ3v) is 5.28. The van der Waals surface area contributed by atoms with E-state index < -0.39 is 0 Å². The summed E-state index contributed by atoms with van der Waals surface area (Å²) in [6, 6.07) is 3.78. The van der Waals surface area contributed by atoms with Crippen LogP contribution in [-0.2, 0) is 34.9 Å². The summed E-state index contributed by atoms with van der Waals surface area (Å²) in [5.41, 5.74) is 7.23. The molecule has 0 bridgehead atoms. The zero-order valence-electron chi connectivity index (χ0n) is 15.4. The maximum atomic E-state index is 11.1. The van der Waals surface area contributed by atoms with E-state index >= 15 is 0 Å². The summed E-state index contributed by atoms with van der Waals surface area (Å²) in [5.74, 6) is 2.35. The molecule has 2 aromatic rings. The van der Waals surface area contributed by atoms with E-state index in [9.17, 15) is 4.79 Å². The molecular formula is C18H23ClN4O3S. The highest BCUT2D eigenvalue weighted by Crippen LogP contribution is 2.35. The van der Waals surface area contributed by atoms with Crippen LogP contribution in [0.2, 0.25) is 5.02 Å². The highest BCUT2D eigenvalue weighted by Gasteiger charge is 2.19. The van der Waals surface area contributed by atoms with Crippen LogP contribution in [0, 0.1) is 5.92 Å². The van der Waals surface area contributed by atoms with Gasteiger partial charge in [0.2, 0.25) is 5.91 Å². The number of primary amides is 1. The largest absolute Gasteiger partial charge is 0.467 e. The van der Waals surface area contributed by atoms with E-state index in [1.165, 1.54) is 0 Å². The molecule has 1 aromatic heterocycles. The van der Waals surface area contributed by atoms with Crippen LogP contribution in [0.1, 0.15) is 37.2 Å². The Balaban J connectivity index is 1.79. The highest BCUT2D eigenvalue weighted by atomic mass is 35.5. The van der Waals surface area contributed by atoms with Crippen LogP contribution in [0.15, 0.2) is 17.3 Å². The lowest BCUT2D eigenvalue weighted by Crippen LogP contribution is -2.15. The van der Waals surface area contributed by atoms with Gasteiger partial charge in [-0.25, -0.2) is 0 Å². The number of fused-ring (bicyclic) bond motifs is 1. The molecule has 9 heteroatoms. The molecule has 0 fully saturated rings. The van der Waals surface area contributed by atoms with Crippen molar-refractivity contribution in [2.45, 2.75) is 50.8 Å². The molecule has 0 unspecified atom stereocenters. The second-order valence-corrected chi connectivity index (χ2v) is 8.20. The number of hydrogen-bond donors (Lipinski definition) is 1. The molecule has 27 heavy (non-hydrogen) atoms. The molecular weight excluding hydrogens is 388 g/mol. The molecule has 1 aromatic carbocycles. The Morgan fingerprint density at radius 1 is 1.41 bits per heavy atom. The third-order valence-electron chi connectivity index (χ3n) is 4.04. The van der Waals surface area contributed by atoms with E-state index in [-0.39, 0.29) is 19.1 Å². The first kappa shape index (κ1) is 20.0. The number of aromatic nitrogens is 3. The Morgan fingerprint density at radius 2 is 2.22 bits per heavy atom. The van der Waals surface area contributed by atoms with Crippen LogP contribution in [0.4, 0.5) is 0 Å². The van der Waals surface area contributed by atoms with Crippen molar-refractivity contribution in [1.82, 2.24) is 14.8 Å². The Morgan fingerprint density at radius 3 is 2.96 bits per heavy atom. The van der Waals surface area contributed by atoms with Gasteiger partial charge in [0.05, 0.1) is 6.61 Å². The van der Waals surface area contributed by atoms with Crippen molar-refractivity contribution in [3.05, 3.63) is 34.1 Å². The van der Waals surface area contributed by atoms with Gasteiger partial charge >= 0.3 is 0 Å². The van der Waals surface area contributed by atoms with E-state index in [0.717, 1.165) is 34.4 Å². The standard InChI is InChI=1S/C18H23ClN4O3S/c1-11(2)7-23-16(4-3-15(20)24)21-22-18(23)27-9-13-6-14(19)5-12-8-25-10-26-17(12)13/h5-6,11H,3-4,7-10H2,1-2H3,(H2,20,24). The first-order chi connectivity index (χ1) is 12.9. The number of hydrogen-bond acceptors (Lipinski definition) is 6. The second-order valence-electron chi connectivity index (χ2n) is 6.82. The zero-order valence-corrected chi connectivity index (χ0v) is 17.0. The average Bonchev–Trinajstić information content (AvgIpc) is 2.98. The zero-order chi connectivity index (χ0) is 19.4. The minimum absolute atomic E-state index is 0.243. The number of nitrogens with zero attached hydrogens (tertiary/aromatic N) is 3. The smallest absolute Gasteiger partial charge is 0.217 e. The van der Waals surface area contributed by atoms with Crippen molar-refractivity contribution in [3.63, 3.8) is 0 Å². The molecule has 3 rings (SSSR count). The number of aryl methyl sites for hydroxylation is 1. The monoisotopic (exact) mass is 410 g/mol. The Kier molecular flexibility index (Phi) is 6.62. The first-order valence-corrected chi connectivity index (χ1v) is 10.2. The van der Waals surface area contributed by atoms with Gasteiger partial charge < -0.3 is 19.8 Å². The van der Waals surface area contributed by atoms with Crippen LogP contribution in [0.5, 0.6) is 5.75 Å². The molecule has 1 aliphatic heterocycles. The number of carbonyl (C=O) groups excluding carboxylic acids is 1. The molecule has 0 radical (unpaired) electrons. The fourth-order valence-electron chi connectivity index (χ4n) is 2.90. The summed E-state index contributed by atoms with van der Waals surface area (Å²) >= 11 is 7.81. The van der Waals surface area contributed by atoms with Crippen molar-refractivity contribution >= 4 is 29.3 Å². The van der Waals surface area contributed by atoms with Crippen molar-refractivity contribution in [2.75, 3.05) is 6.79 Å². The SMILES string of the molecule is CC(C)Cn1c(CCC(N)=O)nnc1SCc1cc(Cl)cc2c1OCOC2. The van der Waals surface area contributed by atoms with E-state index in [1.807, 2.05) is 12.1 Å². The van der Waals surface area contributed by atoms with Gasteiger partial charge in [-0.1, -0.05) is 37.2 Å². The molecule has 2 N–H and O–H groups in total. The van der Waals surface area contributed by atoms with Crippen LogP contribution < -0.4 is 10.5 Å². The summed E-state index contributed by atoms with van der Waals surface area (Å²) < 4.78 is 13.1. The Bertz CT molecular complexity index is 825.